The minimum atomic E-state index is -0.113. The van der Waals surface area contributed by atoms with E-state index in [0.717, 1.165) is 22.5 Å². The zero-order chi connectivity index (χ0) is 14.1. The van der Waals surface area contributed by atoms with Crippen molar-refractivity contribution >= 4 is 5.65 Å². The Kier molecular flexibility index (Phi) is 3.12. The van der Waals surface area contributed by atoms with Gasteiger partial charge >= 0.3 is 0 Å². The smallest absolute Gasteiger partial charge is 0.272 e. The molecule has 5 nitrogen and oxygen atoms in total. The molecule has 1 aromatic carbocycles. The summed E-state index contributed by atoms with van der Waals surface area (Å²) in [6, 6.07) is 11.4. The molecule has 0 saturated carbocycles. The first kappa shape index (κ1) is 12.6. The van der Waals surface area contributed by atoms with Gasteiger partial charge in [-0.25, -0.2) is 9.50 Å². The molecule has 0 amide bonds. The number of benzene rings is 1. The molecule has 0 radical (unpaired) electrons. The summed E-state index contributed by atoms with van der Waals surface area (Å²) in [5.74, 6) is 0. The molecule has 0 aliphatic rings. The number of H-pyrrole nitrogens is 1. The largest absolute Gasteiger partial charge is 0.330 e. The van der Waals surface area contributed by atoms with Gasteiger partial charge in [-0.2, -0.15) is 0 Å². The molecule has 0 aliphatic carbocycles. The van der Waals surface area contributed by atoms with Crippen molar-refractivity contribution in [1.29, 1.82) is 0 Å². The zero-order valence-corrected chi connectivity index (χ0v) is 11.3. The van der Waals surface area contributed by atoms with E-state index in [1.807, 2.05) is 37.3 Å². The third-order valence-electron chi connectivity index (χ3n) is 3.34. The van der Waals surface area contributed by atoms with Crippen molar-refractivity contribution in [3.8, 4) is 11.3 Å². The summed E-state index contributed by atoms with van der Waals surface area (Å²) in [6.45, 7) is 2.52. The second-order valence-electron chi connectivity index (χ2n) is 4.80. The zero-order valence-electron chi connectivity index (χ0n) is 11.3. The van der Waals surface area contributed by atoms with Crippen molar-refractivity contribution < 1.29 is 0 Å². The molecule has 3 rings (SSSR count). The fourth-order valence-corrected chi connectivity index (χ4v) is 2.33. The molecule has 0 spiro atoms. The van der Waals surface area contributed by atoms with Gasteiger partial charge in [0.1, 0.15) is 0 Å². The number of rotatable bonds is 3. The Hall–Kier alpha value is -2.40. The molecule has 3 N–H and O–H groups in total. The number of nitrogens with two attached hydrogens (primary N) is 1. The lowest BCUT2D eigenvalue weighted by Crippen LogP contribution is -2.17. The second kappa shape index (κ2) is 4.94. The Balaban J connectivity index is 2.18. The summed E-state index contributed by atoms with van der Waals surface area (Å²) >= 11 is 0. The van der Waals surface area contributed by atoms with Gasteiger partial charge in [0.25, 0.3) is 5.56 Å². The number of aryl methyl sites for hydroxylation is 1. The highest BCUT2D eigenvalue weighted by atomic mass is 16.1. The minimum absolute atomic E-state index is 0.113. The normalized spacial score (nSPS) is 11.1. The van der Waals surface area contributed by atoms with E-state index in [-0.39, 0.29) is 5.56 Å². The van der Waals surface area contributed by atoms with E-state index in [2.05, 4.69) is 10.1 Å². The molecule has 0 unspecified atom stereocenters. The van der Waals surface area contributed by atoms with E-state index in [4.69, 9.17) is 5.73 Å². The fraction of sp³-hybridized carbons (Fsp3) is 0.200. The maximum Gasteiger partial charge on any atom is 0.272 e. The number of hydrogen-bond donors (Lipinski definition) is 2. The summed E-state index contributed by atoms with van der Waals surface area (Å²) in [7, 11) is 0. The van der Waals surface area contributed by atoms with Crippen LogP contribution in [-0.2, 0) is 6.42 Å². The highest BCUT2D eigenvalue weighted by molar-refractivity contribution is 5.67. The van der Waals surface area contributed by atoms with Gasteiger partial charge in [0.15, 0.2) is 5.65 Å². The average molecular weight is 268 g/mol. The van der Waals surface area contributed by atoms with Crippen molar-refractivity contribution in [2.75, 3.05) is 6.54 Å². The van der Waals surface area contributed by atoms with Crippen LogP contribution in [0.1, 0.15) is 11.3 Å². The second-order valence-corrected chi connectivity index (χ2v) is 4.80. The van der Waals surface area contributed by atoms with Gasteiger partial charge in [-0.15, -0.1) is 0 Å². The molecule has 0 bridgehead atoms. The highest BCUT2D eigenvalue weighted by Gasteiger charge is 2.08. The lowest BCUT2D eigenvalue weighted by atomic mass is 10.1. The van der Waals surface area contributed by atoms with Crippen LogP contribution in [0.3, 0.4) is 0 Å². The maximum absolute atomic E-state index is 12.1. The summed E-state index contributed by atoms with van der Waals surface area (Å²) in [5.41, 5.74) is 9.86. The summed E-state index contributed by atoms with van der Waals surface area (Å²) < 4.78 is 1.46. The van der Waals surface area contributed by atoms with Crippen molar-refractivity contribution in [1.82, 2.24) is 14.6 Å². The van der Waals surface area contributed by atoms with Crippen molar-refractivity contribution in [3.05, 3.63) is 58.0 Å². The van der Waals surface area contributed by atoms with E-state index in [1.165, 1.54) is 10.6 Å². The van der Waals surface area contributed by atoms with Crippen LogP contribution in [0, 0.1) is 6.92 Å². The third-order valence-corrected chi connectivity index (χ3v) is 3.34. The SMILES string of the molecule is Cc1ccccc1-c1cc2nc(CCN)cc(=O)n2[nH]1. The topological polar surface area (TPSA) is 76.2 Å². The predicted molar refractivity (Wildman–Crippen MR) is 78.7 cm³/mol. The van der Waals surface area contributed by atoms with Gasteiger partial charge < -0.3 is 5.73 Å². The standard InChI is InChI=1S/C15H16N4O/c1-10-4-2-3-5-12(10)13-9-14-17-11(6-7-16)8-15(20)19(14)18-13/h2-5,8-9,18H,6-7,16H2,1H3. The minimum Gasteiger partial charge on any atom is -0.330 e. The van der Waals surface area contributed by atoms with E-state index in [1.54, 1.807) is 0 Å². The first-order chi connectivity index (χ1) is 9.69. The van der Waals surface area contributed by atoms with Gasteiger partial charge in [0, 0.05) is 29.8 Å². The first-order valence-corrected chi connectivity index (χ1v) is 6.57. The predicted octanol–water partition coefficient (Wildman–Crippen LogP) is 1.50. The number of nitrogens with one attached hydrogen (secondary N) is 1. The summed E-state index contributed by atoms with van der Waals surface area (Å²) in [6.07, 6.45) is 0.608. The van der Waals surface area contributed by atoms with Crippen molar-refractivity contribution in [2.45, 2.75) is 13.3 Å². The molecule has 0 saturated heterocycles. The Morgan fingerprint density at radius 1 is 1.30 bits per heavy atom. The quantitative estimate of drug-likeness (QED) is 0.755. The van der Waals surface area contributed by atoms with E-state index in [9.17, 15) is 4.79 Å². The highest BCUT2D eigenvalue weighted by Crippen LogP contribution is 2.21. The van der Waals surface area contributed by atoms with Crippen LogP contribution >= 0.6 is 0 Å². The van der Waals surface area contributed by atoms with E-state index in [0.29, 0.717) is 18.6 Å². The monoisotopic (exact) mass is 268 g/mol. The fourth-order valence-electron chi connectivity index (χ4n) is 2.33. The molecule has 2 aromatic heterocycles. The molecule has 0 aliphatic heterocycles. The van der Waals surface area contributed by atoms with E-state index >= 15 is 0 Å². The lowest BCUT2D eigenvalue weighted by Gasteiger charge is -2.01. The maximum atomic E-state index is 12.1. The Bertz CT molecular complexity index is 816. The number of nitrogens with zero attached hydrogens (tertiary/aromatic N) is 2. The van der Waals surface area contributed by atoms with Crippen LogP contribution in [0.2, 0.25) is 0 Å². The Morgan fingerprint density at radius 2 is 2.10 bits per heavy atom. The molecule has 3 aromatic rings. The van der Waals surface area contributed by atoms with Gasteiger partial charge in [-0.3, -0.25) is 9.89 Å². The van der Waals surface area contributed by atoms with Crippen molar-refractivity contribution in [3.63, 3.8) is 0 Å². The molecule has 20 heavy (non-hydrogen) atoms. The first-order valence-electron chi connectivity index (χ1n) is 6.57. The number of hydrogen-bond acceptors (Lipinski definition) is 3. The van der Waals surface area contributed by atoms with Gasteiger partial charge in [-0.05, 0) is 19.0 Å². The molecule has 0 atom stereocenters. The van der Waals surface area contributed by atoms with E-state index < -0.39 is 0 Å². The number of aromatic nitrogens is 3. The van der Waals surface area contributed by atoms with Crippen LogP contribution in [-0.4, -0.2) is 21.1 Å². The van der Waals surface area contributed by atoms with Crippen LogP contribution < -0.4 is 11.3 Å². The molecular formula is C15H16N4O. The molecule has 5 heteroatoms. The summed E-state index contributed by atoms with van der Waals surface area (Å²) in [5, 5.41) is 3.10. The number of aromatic amines is 1. The van der Waals surface area contributed by atoms with Crippen LogP contribution in [0.5, 0.6) is 0 Å². The van der Waals surface area contributed by atoms with Crippen LogP contribution in [0.15, 0.2) is 41.2 Å². The molecule has 2 heterocycles. The van der Waals surface area contributed by atoms with Gasteiger partial charge in [0.2, 0.25) is 0 Å². The number of fused-ring (bicyclic) bond motifs is 1. The van der Waals surface area contributed by atoms with Crippen molar-refractivity contribution in [2.24, 2.45) is 5.73 Å². The average Bonchev–Trinajstić information content (AvgIpc) is 2.84. The lowest BCUT2D eigenvalue weighted by molar-refractivity contribution is 0.858. The third kappa shape index (κ3) is 2.12. The van der Waals surface area contributed by atoms with Crippen LogP contribution in [0.4, 0.5) is 0 Å². The van der Waals surface area contributed by atoms with Gasteiger partial charge in [0.05, 0.1) is 5.69 Å². The Labute approximate surface area is 116 Å². The molecule has 0 fully saturated rings. The molecular weight excluding hydrogens is 252 g/mol. The van der Waals surface area contributed by atoms with Crippen LogP contribution in [0.25, 0.3) is 16.9 Å². The summed E-state index contributed by atoms with van der Waals surface area (Å²) in [4.78, 5) is 16.5. The Morgan fingerprint density at radius 3 is 2.85 bits per heavy atom. The molecule has 102 valence electrons. The van der Waals surface area contributed by atoms with Gasteiger partial charge in [-0.1, -0.05) is 24.3 Å².